The topological polar surface area (TPSA) is 21.6 Å². The normalized spacial score (nSPS) is 17.0. The van der Waals surface area contributed by atoms with E-state index in [1.54, 1.807) is 13.3 Å². The molecule has 0 amide bonds. The Hall–Kier alpha value is -1.05. The van der Waals surface area contributed by atoms with Gasteiger partial charge in [0.1, 0.15) is 7.11 Å². The van der Waals surface area contributed by atoms with Crippen molar-refractivity contribution in [2.45, 2.75) is 19.3 Å². The van der Waals surface area contributed by atoms with E-state index in [1.807, 2.05) is 0 Å². The summed E-state index contributed by atoms with van der Waals surface area (Å²) in [6.07, 6.45) is 11.6. The Morgan fingerprint density at radius 2 is 2.55 bits per heavy atom. The predicted molar refractivity (Wildman–Crippen MR) is 46.6 cm³/mol. The molecule has 1 rings (SSSR count). The summed E-state index contributed by atoms with van der Waals surface area (Å²) in [4.78, 5) is 4.55. The van der Waals surface area contributed by atoms with Crippen molar-refractivity contribution in [3.63, 3.8) is 0 Å². The van der Waals surface area contributed by atoms with E-state index in [2.05, 4.69) is 28.2 Å². The summed E-state index contributed by atoms with van der Waals surface area (Å²) < 4.78 is 0. The fourth-order valence-electron chi connectivity index (χ4n) is 1.04. The number of oxime groups is 1. The van der Waals surface area contributed by atoms with Crippen molar-refractivity contribution in [1.29, 1.82) is 0 Å². The molecule has 0 atom stereocenters. The maximum absolute atomic E-state index is 4.55. The molecule has 60 valence electrons. The van der Waals surface area contributed by atoms with Crippen LogP contribution in [-0.2, 0) is 4.84 Å². The first-order chi connectivity index (χ1) is 5.43. The van der Waals surface area contributed by atoms with Crippen LogP contribution < -0.4 is 0 Å². The largest absolute Gasteiger partial charge is 0.399 e. The molecule has 0 heterocycles. The average molecular weight is 151 g/mol. The standard InChI is InChI=1S/C9H13NO/c1-11-10-8-7-9-5-3-2-4-6-9/h3,5-6,8H,2,4,7H2,1H3/b10-8+. The smallest absolute Gasteiger partial charge is 0.106 e. The minimum Gasteiger partial charge on any atom is -0.399 e. The molecule has 0 saturated heterocycles. The van der Waals surface area contributed by atoms with Gasteiger partial charge in [-0.05, 0) is 18.4 Å². The highest BCUT2D eigenvalue weighted by molar-refractivity contribution is 5.61. The van der Waals surface area contributed by atoms with Crippen molar-refractivity contribution in [2.75, 3.05) is 7.11 Å². The molecule has 1 aliphatic carbocycles. The first-order valence-electron chi connectivity index (χ1n) is 3.84. The van der Waals surface area contributed by atoms with Crippen molar-refractivity contribution in [1.82, 2.24) is 0 Å². The van der Waals surface area contributed by atoms with Crippen molar-refractivity contribution < 1.29 is 4.84 Å². The lowest BCUT2D eigenvalue weighted by atomic mass is 10.1. The molecule has 2 heteroatoms. The number of allylic oxidation sites excluding steroid dienone is 4. The minimum atomic E-state index is 0.879. The third kappa shape index (κ3) is 3.03. The van der Waals surface area contributed by atoms with E-state index in [0.717, 1.165) is 12.8 Å². The van der Waals surface area contributed by atoms with Gasteiger partial charge in [-0.1, -0.05) is 23.4 Å². The Bertz CT molecular complexity index is 192. The van der Waals surface area contributed by atoms with Gasteiger partial charge in [-0.2, -0.15) is 0 Å². The first kappa shape index (κ1) is 8.05. The zero-order valence-electron chi connectivity index (χ0n) is 6.79. The summed E-state index contributed by atoms with van der Waals surface area (Å²) in [5.74, 6) is 0. The number of rotatable bonds is 3. The van der Waals surface area contributed by atoms with Gasteiger partial charge in [-0.25, -0.2) is 0 Å². The third-order valence-corrected chi connectivity index (χ3v) is 1.58. The summed E-state index contributed by atoms with van der Waals surface area (Å²) in [6, 6.07) is 0. The lowest BCUT2D eigenvalue weighted by molar-refractivity contribution is 0.215. The fourth-order valence-corrected chi connectivity index (χ4v) is 1.04. The Labute approximate surface area is 67.2 Å². The maximum atomic E-state index is 4.55. The summed E-state index contributed by atoms with van der Waals surface area (Å²) in [5.41, 5.74) is 1.33. The molecule has 0 bridgehead atoms. The molecule has 11 heavy (non-hydrogen) atoms. The van der Waals surface area contributed by atoms with E-state index in [9.17, 15) is 0 Å². The van der Waals surface area contributed by atoms with Crippen LogP contribution >= 0.6 is 0 Å². The van der Waals surface area contributed by atoms with Crippen LogP contribution in [0.25, 0.3) is 0 Å². The van der Waals surface area contributed by atoms with Crippen molar-refractivity contribution in [3.8, 4) is 0 Å². The molecule has 1 aliphatic rings. The highest BCUT2D eigenvalue weighted by atomic mass is 16.6. The monoisotopic (exact) mass is 151 g/mol. The molecule has 0 aromatic carbocycles. The van der Waals surface area contributed by atoms with E-state index in [-0.39, 0.29) is 0 Å². The fraction of sp³-hybridized carbons (Fsp3) is 0.444. The SMILES string of the molecule is CO/N=C/CC1=CCCC=C1. The third-order valence-electron chi connectivity index (χ3n) is 1.58. The van der Waals surface area contributed by atoms with Crippen LogP contribution in [0.4, 0.5) is 0 Å². The number of hydrogen-bond donors (Lipinski definition) is 0. The van der Waals surface area contributed by atoms with Crippen LogP contribution in [0.2, 0.25) is 0 Å². The second-order valence-corrected chi connectivity index (χ2v) is 2.43. The van der Waals surface area contributed by atoms with Crippen LogP contribution in [0.5, 0.6) is 0 Å². The Kier molecular flexibility index (Phi) is 3.45. The van der Waals surface area contributed by atoms with Crippen LogP contribution in [-0.4, -0.2) is 13.3 Å². The molecular formula is C9H13NO. The Balaban J connectivity index is 2.31. The van der Waals surface area contributed by atoms with Gasteiger partial charge in [-0.3, -0.25) is 0 Å². The molecule has 0 aromatic rings. The molecule has 0 spiro atoms. The zero-order valence-corrected chi connectivity index (χ0v) is 6.79. The lowest BCUT2D eigenvalue weighted by Gasteiger charge is -2.01. The molecular weight excluding hydrogens is 138 g/mol. The van der Waals surface area contributed by atoms with Gasteiger partial charge in [0.2, 0.25) is 0 Å². The minimum absolute atomic E-state index is 0.879. The van der Waals surface area contributed by atoms with Gasteiger partial charge < -0.3 is 4.84 Å². The molecule has 2 nitrogen and oxygen atoms in total. The Morgan fingerprint density at radius 3 is 3.18 bits per heavy atom. The molecule has 0 fully saturated rings. The highest BCUT2D eigenvalue weighted by Crippen LogP contribution is 2.11. The summed E-state index contributed by atoms with van der Waals surface area (Å²) in [6.45, 7) is 0. The molecule has 0 N–H and O–H groups in total. The van der Waals surface area contributed by atoms with E-state index < -0.39 is 0 Å². The van der Waals surface area contributed by atoms with E-state index in [4.69, 9.17) is 0 Å². The maximum Gasteiger partial charge on any atom is 0.106 e. The van der Waals surface area contributed by atoms with E-state index in [1.165, 1.54) is 12.0 Å². The van der Waals surface area contributed by atoms with Crippen molar-refractivity contribution in [3.05, 3.63) is 23.8 Å². The van der Waals surface area contributed by atoms with Gasteiger partial charge in [0.25, 0.3) is 0 Å². The van der Waals surface area contributed by atoms with Gasteiger partial charge >= 0.3 is 0 Å². The zero-order chi connectivity index (χ0) is 7.94. The number of nitrogens with zero attached hydrogens (tertiary/aromatic N) is 1. The van der Waals surface area contributed by atoms with Gasteiger partial charge in [0.15, 0.2) is 0 Å². The second-order valence-electron chi connectivity index (χ2n) is 2.43. The van der Waals surface area contributed by atoms with E-state index in [0.29, 0.717) is 0 Å². The van der Waals surface area contributed by atoms with Crippen LogP contribution in [0, 0.1) is 0 Å². The van der Waals surface area contributed by atoms with Crippen LogP contribution in [0.1, 0.15) is 19.3 Å². The summed E-state index contributed by atoms with van der Waals surface area (Å²) in [7, 11) is 1.56. The highest BCUT2D eigenvalue weighted by Gasteiger charge is 1.93. The molecule has 0 aromatic heterocycles. The predicted octanol–water partition coefficient (Wildman–Crippen LogP) is 2.29. The number of hydrogen-bond acceptors (Lipinski definition) is 2. The quantitative estimate of drug-likeness (QED) is 0.448. The summed E-state index contributed by atoms with van der Waals surface area (Å²) >= 11 is 0. The van der Waals surface area contributed by atoms with Crippen LogP contribution in [0.15, 0.2) is 29.0 Å². The Morgan fingerprint density at radius 1 is 1.64 bits per heavy atom. The van der Waals surface area contributed by atoms with Gasteiger partial charge in [0, 0.05) is 12.6 Å². The summed E-state index contributed by atoms with van der Waals surface area (Å²) in [5, 5.41) is 3.67. The molecule has 0 radical (unpaired) electrons. The molecule has 0 aliphatic heterocycles. The van der Waals surface area contributed by atoms with Gasteiger partial charge in [-0.15, -0.1) is 0 Å². The van der Waals surface area contributed by atoms with Gasteiger partial charge in [0.05, 0.1) is 0 Å². The average Bonchev–Trinajstić information content (AvgIpc) is 2.07. The van der Waals surface area contributed by atoms with Crippen molar-refractivity contribution >= 4 is 6.21 Å². The van der Waals surface area contributed by atoms with Crippen molar-refractivity contribution in [2.24, 2.45) is 5.16 Å². The first-order valence-corrected chi connectivity index (χ1v) is 3.84. The lowest BCUT2D eigenvalue weighted by Crippen LogP contribution is -1.86. The second kappa shape index (κ2) is 4.72. The van der Waals surface area contributed by atoms with Crippen LogP contribution in [0.3, 0.4) is 0 Å². The molecule has 0 saturated carbocycles. The molecule has 0 unspecified atom stereocenters. The van der Waals surface area contributed by atoms with E-state index >= 15 is 0 Å².